The van der Waals surface area contributed by atoms with E-state index in [4.69, 9.17) is 4.74 Å². The number of aliphatic hydroxyl groups is 2. The van der Waals surface area contributed by atoms with Crippen molar-refractivity contribution >= 4 is 11.9 Å². The van der Waals surface area contributed by atoms with Crippen LogP contribution in [0.25, 0.3) is 0 Å². The van der Waals surface area contributed by atoms with E-state index in [-0.39, 0.29) is 24.9 Å². The van der Waals surface area contributed by atoms with Crippen molar-refractivity contribution in [3.8, 4) is 0 Å². The minimum atomic E-state index is -0.813. The van der Waals surface area contributed by atoms with E-state index >= 15 is 0 Å². The fourth-order valence-corrected chi connectivity index (χ4v) is 7.59. The summed E-state index contributed by atoms with van der Waals surface area (Å²) in [5.74, 6) is -0.570. The Bertz CT molecular complexity index is 1290. The maximum atomic E-state index is 13.2. The quantitative estimate of drug-likeness (QED) is 0.0321. The van der Waals surface area contributed by atoms with Crippen LogP contribution in [0.5, 0.6) is 0 Å². The number of ether oxygens (including phenoxy) is 1. The molecule has 372 valence electrons. The zero-order valence-electron chi connectivity index (χ0n) is 42.3. The van der Waals surface area contributed by atoms with Crippen molar-refractivity contribution in [1.29, 1.82) is 0 Å². The standard InChI is InChI=1S/C59H101NO5/c1-4-7-10-13-16-19-22-25-27-29-30-33-35-38-41-44-47-50-55(65-59(64)52-49-46-43-40-37-34-31-28-26-23-20-17-14-11-8-5-2)53-58(63)60-56(54-61)57(62)51-48-45-42-39-36-32-24-21-18-15-12-9-6-3/h8,11,16-17,19-20,25-28,30,33-34,37-38,41,55-57,61-62H,4-7,9-10,12-15,18,21-24,29,31-32,35-36,39-40,42-54H2,1-3H3,(H,60,63)/b11-8+,19-16-,20-17+,27-25-,28-26+,33-30-,37-34+,41-38-. The Morgan fingerprint density at radius 1 is 0.462 bits per heavy atom. The lowest BCUT2D eigenvalue weighted by Gasteiger charge is -2.24. The molecule has 0 aliphatic heterocycles. The van der Waals surface area contributed by atoms with Crippen molar-refractivity contribution in [3.63, 3.8) is 0 Å². The van der Waals surface area contributed by atoms with E-state index in [2.05, 4.69) is 123 Å². The van der Waals surface area contributed by atoms with Gasteiger partial charge in [0, 0.05) is 6.42 Å². The van der Waals surface area contributed by atoms with Gasteiger partial charge in [0.25, 0.3) is 0 Å². The molecular weight excluding hydrogens is 803 g/mol. The first-order valence-electron chi connectivity index (χ1n) is 27.0. The fraction of sp³-hybridized carbons (Fsp3) is 0.695. The number of hydrogen-bond donors (Lipinski definition) is 3. The van der Waals surface area contributed by atoms with Crippen LogP contribution in [0.2, 0.25) is 0 Å². The third-order valence-electron chi connectivity index (χ3n) is 11.6. The van der Waals surface area contributed by atoms with Gasteiger partial charge in [0.15, 0.2) is 0 Å². The summed E-state index contributed by atoms with van der Waals surface area (Å²) in [5, 5.41) is 23.8. The van der Waals surface area contributed by atoms with Crippen LogP contribution in [0.1, 0.15) is 239 Å². The third-order valence-corrected chi connectivity index (χ3v) is 11.6. The zero-order chi connectivity index (χ0) is 47.4. The first kappa shape index (κ1) is 61.8. The Balaban J connectivity index is 4.76. The largest absolute Gasteiger partial charge is 0.462 e. The van der Waals surface area contributed by atoms with Crippen molar-refractivity contribution < 1.29 is 24.5 Å². The van der Waals surface area contributed by atoms with Crippen LogP contribution in [-0.2, 0) is 14.3 Å². The number of hydrogen-bond acceptors (Lipinski definition) is 5. The molecule has 0 aromatic carbocycles. The smallest absolute Gasteiger partial charge is 0.306 e. The molecular formula is C59H101NO5. The number of allylic oxidation sites excluding steroid dienone is 16. The molecule has 0 bridgehead atoms. The number of nitrogens with one attached hydrogen (secondary N) is 1. The molecule has 0 heterocycles. The molecule has 3 unspecified atom stereocenters. The van der Waals surface area contributed by atoms with Crippen LogP contribution in [0.15, 0.2) is 97.2 Å². The molecule has 0 radical (unpaired) electrons. The normalized spacial score (nSPS) is 14.0. The maximum Gasteiger partial charge on any atom is 0.306 e. The Labute approximate surface area is 401 Å². The molecule has 0 saturated carbocycles. The minimum Gasteiger partial charge on any atom is -0.462 e. The van der Waals surface area contributed by atoms with Gasteiger partial charge in [-0.3, -0.25) is 9.59 Å². The van der Waals surface area contributed by atoms with E-state index in [1.165, 1.54) is 89.9 Å². The summed E-state index contributed by atoms with van der Waals surface area (Å²) >= 11 is 0. The van der Waals surface area contributed by atoms with E-state index in [0.717, 1.165) is 103 Å². The van der Waals surface area contributed by atoms with Crippen molar-refractivity contribution in [2.24, 2.45) is 0 Å². The molecule has 0 aliphatic carbocycles. The average Bonchev–Trinajstić information content (AvgIpc) is 3.30. The van der Waals surface area contributed by atoms with E-state index in [1.807, 2.05) is 0 Å². The van der Waals surface area contributed by atoms with Crippen molar-refractivity contribution in [2.75, 3.05) is 6.61 Å². The molecule has 65 heavy (non-hydrogen) atoms. The Morgan fingerprint density at radius 2 is 0.846 bits per heavy atom. The van der Waals surface area contributed by atoms with E-state index in [1.54, 1.807) is 0 Å². The van der Waals surface area contributed by atoms with Crippen LogP contribution in [0.4, 0.5) is 0 Å². The van der Waals surface area contributed by atoms with Crippen LogP contribution in [0, 0.1) is 0 Å². The van der Waals surface area contributed by atoms with Crippen LogP contribution in [-0.4, -0.2) is 46.9 Å². The van der Waals surface area contributed by atoms with Crippen molar-refractivity contribution in [3.05, 3.63) is 97.2 Å². The lowest BCUT2D eigenvalue weighted by atomic mass is 10.0. The molecule has 0 rings (SSSR count). The molecule has 6 heteroatoms. The molecule has 1 amide bonds. The van der Waals surface area contributed by atoms with Crippen LogP contribution >= 0.6 is 0 Å². The molecule has 0 saturated heterocycles. The van der Waals surface area contributed by atoms with Gasteiger partial charge in [-0.1, -0.05) is 221 Å². The summed E-state index contributed by atoms with van der Waals surface area (Å²) in [6.07, 6.45) is 68.9. The van der Waals surface area contributed by atoms with Crippen molar-refractivity contribution in [2.45, 2.75) is 257 Å². The summed E-state index contributed by atoms with van der Waals surface area (Å²) in [4.78, 5) is 26.2. The fourth-order valence-electron chi connectivity index (χ4n) is 7.59. The minimum absolute atomic E-state index is 0.0220. The molecule has 0 aromatic heterocycles. The number of esters is 1. The van der Waals surface area contributed by atoms with Gasteiger partial charge in [-0.05, 0) is 103 Å². The number of aliphatic hydroxyl groups excluding tert-OH is 2. The Hall–Kier alpha value is -3.22. The highest BCUT2D eigenvalue weighted by Gasteiger charge is 2.24. The molecule has 0 spiro atoms. The topological polar surface area (TPSA) is 95.9 Å². The predicted octanol–water partition coefficient (Wildman–Crippen LogP) is 16.5. The predicted molar refractivity (Wildman–Crippen MR) is 282 cm³/mol. The van der Waals surface area contributed by atoms with Gasteiger partial charge in [-0.15, -0.1) is 0 Å². The van der Waals surface area contributed by atoms with Crippen LogP contribution in [0.3, 0.4) is 0 Å². The molecule has 0 aliphatic rings. The molecule has 3 N–H and O–H groups in total. The molecule has 0 fully saturated rings. The molecule has 6 nitrogen and oxygen atoms in total. The third kappa shape index (κ3) is 47.1. The van der Waals surface area contributed by atoms with Gasteiger partial charge in [0.1, 0.15) is 6.10 Å². The van der Waals surface area contributed by atoms with E-state index < -0.39 is 18.2 Å². The molecule has 3 atom stereocenters. The Kier molecular flexibility index (Phi) is 49.2. The highest BCUT2D eigenvalue weighted by atomic mass is 16.5. The highest BCUT2D eigenvalue weighted by Crippen LogP contribution is 2.16. The number of unbranched alkanes of at least 4 members (excludes halogenated alkanes) is 19. The number of rotatable bonds is 47. The van der Waals surface area contributed by atoms with Crippen LogP contribution < -0.4 is 5.32 Å². The summed E-state index contributed by atoms with van der Waals surface area (Å²) in [5.41, 5.74) is 0. The number of carbonyl (C=O) groups excluding carboxylic acids is 2. The second kappa shape index (κ2) is 51.8. The number of carbonyl (C=O) groups is 2. The first-order chi connectivity index (χ1) is 32.0. The summed E-state index contributed by atoms with van der Waals surface area (Å²) < 4.78 is 5.90. The first-order valence-corrected chi connectivity index (χ1v) is 27.0. The van der Waals surface area contributed by atoms with Gasteiger partial charge in [-0.2, -0.15) is 0 Å². The lowest BCUT2D eigenvalue weighted by molar-refractivity contribution is -0.151. The zero-order valence-corrected chi connectivity index (χ0v) is 42.3. The highest BCUT2D eigenvalue weighted by molar-refractivity contribution is 5.77. The monoisotopic (exact) mass is 904 g/mol. The lowest BCUT2D eigenvalue weighted by Crippen LogP contribution is -2.46. The average molecular weight is 904 g/mol. The molecule has 0 aromatic rings. The van der Waals surface area contributed by atoms with Gasteiger partial charge in [-0.25, -0.2) is 0 Å². The van der Waals surface area contributed by atoms with Gasteiger partial charge in [0.2, 0.25) is 5.91 Å². The number of amides is 1. The van der Waals surface area contributed by atoms with Gasteiger partial charge < -0.3 is 20.3 Å². The van der Waals surface area contributed by atoms with E-state index in [0.29, 0.717) is 19.3 Å². The van der Waals surface area contributed by atoms with E-state index in [9.17, 15) is 19.8 Å². The summed E-state index contributed by atoms with van der Waals surface area (Å²) in [7, 11) is 0. The van der Waals surface area contributed by atoms with Crippen molar-refractivity contribution in [1.82, 2.24) is 5.32 Å². The maximum absolute atomic E-state index is 13.2. The SMILES string of the molecule is CC/C=C/C/C=C/C/C=C/C/C=C/CCCCCC(=O)OC(CCC/C=C\C/C=C\C/C=C\C/C=C\CCCCC)CC(=O)NC(CO)C(O)CCCCCCCCCCCCCCC. The second-order valence-electron chi connectivity index (χ2n) is 17.9. The Morgan fingerprint density at radius 3 is 1.31 bits per heavy atom. The van der Waals surface area contributed by atoms with Gasteiger partial charge in [0.05, 0.1) is 25.2 Å². The summed E-state index contributed by atoms with van der Waals surface area (Å²) in [6, 6.07) is -0.731. The second-order valence-corrected chi connectivity index (χ2v) is 17.9. The summed E-state index contributed by atoms with van der Waals surface area (Å²) in [6.45, 7) is 6.32. The van der Waals surface area contributed by atoms with Gasteiger partial charge >= 0.3 is 5.97 Å².